The van der Waals surface area contributed by atoms with Crippen molar-refractivity contribution in [3.8, 4) is 0 Å². The molecule has 1 aliphatic rings. The van der Waals surface area contributed by atoms with E-state index in [1.807, 2.05) is 24.3 Å². The van der Waals surface area contributed by atoms with Crippen LogP contribution in [-0.4, -0.2) is 0 Å². The van der Waals surface area contributed by atoms with Gasteiger partial charge in [0, 0.05) is 37.4 Å². The second-order valence-corrected chi connectivity index (χ2v) is 6.12. The number of hydrogen-bond donors (Lipinski definition) is 0. The van der Waals surface area contributed by atoms with Crippen molar-refractivity contribution < 1.29 is 4.42 Å². The maximum atomic E-state index is 5.84. The largest absolute Gasteiger partial charge is 0.456 e. The Bertz CT molecular complexity index is 871. The number of nitrogens with zero attached hydrogens (tertiary/aromatic N) is 1. The lowest BCUT2D eigenvalue weighted by Gasteiger charge is -2.02. The standard InChI is InChI=1S/C16H10INO/c1-2-6-15-12(4-1)13-10-11(7-8-16(13)19-15)14-5-3-9-17-18-14/h1-10H. The highest BCUT2D eigenvalue weighted by atomic mass is 127. The summed E-state index contributed by atoms with van der Waals surface area (Å²) in [6.45, 7) is 0. The van der Waals surface area contributed by atoms with Gasteiger partial charge in [0.2, 0.25) is 0 Å². The number of halogens is 1. The van der Waals surface area contributed by atoms with Crippen LogP contribution in [0.2, 0.25) is 0 Å². The molecular weight excluding hydrogens is 349 g/mol. The Morgan fingerprint density at radius 2 is 1.84 bits per heavy atom. The number of furan rings is 1. The van der Waals surface area contributed by atoms with Crippen LogP contribution >= 0.6 is 21.0 Å². The molecule has 0 N–H and O–H groups in total. The molecule has 0 bridgehead atoms. The Kier molecular flexibility index (Phi) is 2.58. The van der Waals surface area contributed by atoms with Gasteiger partial charge in [0.05, 0.1) is 5.70 Å². The zero-order chi connectivity index (χ0) is 12.7. The molecule has 0 spiro atoms. The lowest BCUT2D eigenvalue weighted by atomic mass is 10.1. The third kappa shape index (κ3) is 1.85. The van der Waals surface area contributed by atoms with Crippen LogP contribution in [0.3, 0.4) is 0 Å². The molecule has 3 aromatic rings. The lowest BCUT2D eigenvalue weighted by Crippen LogP contribution is -1.80. The first-order valence-electron chi connectivity index (χ1n) is 6.04. The number of para-hydroxylation sites is 1. The van der Waals surface area contributed by atoms with Gasteiger partial charge in [-0.25, -0.2) is 3.15 Å². The molecule has 0 fully saturated rings. The smallest absolute Gasteiger partial charge is 0.135 e. The summed E-state index contributed by atoms with van der Waals surface area (Å²) in [5.74, 6) is 0. The van der Waals surface area contributed by atoms with E-state index in [-0.39, 0.29) is 21.0 Å². The Labute approximate surface area is 120 Å². The van der Waals surface area contributed by atoms with E-state index in [1.54, 1.807) is 0 Å². The molecule has 1 aromatic heterocycles. The lowest BCUT2D eigenvalue weighted by molar-refractivity contribution is 0.669. The Hall–Kier alpha value is -1.75. The molecule has 4 rings (SSSR count). The molecule has 0 aliphatic carbocycles. The number of hydrogen-bond acceptors (Lipinski definition) is 2. The predicted molar refractivity (Wildman–Crippen MR) is 87.3 cm³/mol. The Morgan fingerprint density at radius 3 is 2.74 bits per heavy atom. The van der Waals surface area contributed by atoms with E-state index >= 15 is 0 Å². The van der Waals surface area contributed by atoms with Crippen molar-refractivity contribution in [1.82, 2.24) is 0 Å². The summed E-state index contributed by atoms with van der Waals surface area (Å²) in [7, 11) is 0. The highest BCUT2D eigenvalue weighted by Gasteiger charge is 2.08. The molecular formula is C16H10INO. The zero-order valence-electron chi connectivity index (χ0n) is 10.0. The van der Waals surface area contributed by atoms with E-state index in [0.29, 0.717) is 0 Å². The summed E-state index contributed by atoms with van der Waals surface area (Å²) < 4.78 is 12.6. The SMILES string of the molecule is C1=CI=NC(c2ccc3oc4ccccc4c3c2)=C1. The van der Waals surface area contributed by atoms with Crippen LogP contribution in [0.5, 0.6) is 0 Å². The van der Waals surface area contributed by atoms with Gasteiger partial charge in [0.15, 0.2) is 0 Å². The Balaban J connectivity index is 2.00. The van der Waals surface area contributed by atoms with E-state index in [0.717, 1.165) is 22.2 Å². The minimum absolute atomic E-state index is 0.166. The summed E-state index contributed by atoms with van der Waals surface area (Å²) in [5, 5.41) is 2.33. The molecule has 92 valence electrons. The maximum Gasteiger partial charge on any atom is 0.135 e. The summed E-state index contributed by atoms with van der Waals surface area (Å²) in [5.41, 5.74) is 4.13. The molecule has 0 saturated carbocycles. The second-order valence-electron chi connectivity index (χ2n) is 4.36. The first-order valence-corrected chi connectivity index (χ1v) is 8.25. The third-order valence-corrected chi connectivity index (χ3v) is 4.73. The van der Waals surface area contributed by atoms with Crippen LogP contribution in [0.4, 0.5) is 0 Å². The van der Waals surface area contributed by atoms with Gasteiger partial charge in [-0.15, -0.1) is 0 Å². The third-order valence-electron chi connectivity index (χ3n) is 3.20. The molecule has 1 aliphatic heterocycles. The van der Waals surface area contributed by atoms with Crippen molar-refractivity contribution >= 4 is 48.7 Å². The summed E-state index contributed by atoms with van der Waals surface area (Å²) in [4.78, 5) is 0. The van der Waals surface area contributed by atoms with Gasteiger partial charge >= 0.3 is 0 Å². The monoisotopic (exact) mass is 359 g/mol. The summed E-state index contributed by atoms with van der Waals surface area (Å²) in [6, 6.07) is 14.5. The highest BCUT2D eigenvalue weighted by molar-refractivity contribution is 14.2. The normalized spacial score (nSPS) is 14.6. The fourth-order valence-corrected chi connectivity index (χ4v) is 3.59. The van der Waals surface area contributed by atoms with E-state index in [2.05, 4.69) is 37.6 Å². The molecule has 0 radical (unpaired) electrons. The molecule has 0 atom stereocenters. The molecule has 2 nitrogen and oxygen atoms in total. The average Bonchev–Trinajstić information content (AvgIpc) is 2.86. The molecule has 0 amide bonds. The van der Waals surface area contributed by atoms with Crippen molar-refractivity contribution in [2.75, 3.05) is 0 Å². The van der Waals surface area contributed by atoms with Gasteiger partial charge in [0.25, 0.3) is 0 Å². The van der Waals surface area contributed by atoms with Crippen LogP contribution in [0, 0.1) is 0 Å². The molecule has 0 unspecified atom stereocenters. The van der Waals surface area contributed by atoms with Crippen molar-refractivity contribution in [3.63, 3.8) is 0 Å². The van der Waals surface area contributed by atoms with Gasteiger partial charge in [-0.1, -0.05) is 24.3 Å². The molecule has 3 heteroatoms. The van der Waals surface area contributed by atoms with E-state index in [4.69, 9.17) is 4.42 Å². The quantitative estimate of drug-likeness (QED) is 0.519. The van der Waals surface area contributed by atoms with Crippen molar-refractivity contribution in [3.05, 3.63) is 64.3 Å². The molecule has 19 heavy (non-hydrogen) atoms. The summed E-state index contributed by atoms with van der Waals surface area (Å²) in [6.07, 6.45) is 4.18. The van der Waals surface area contributed by atoms with Gasteiger partial charge in [-0.2, -0.15) is 0 Å². The van der Waals surface area contributed by atoms with Gasteiger partial charge in [-0.3, -0.25) is 0 Å². The van der Waals surface area contributed by atoms with Gasteiger partial charge in [-0.05, 0) is 34.4 Å². The number of fused-ring (bicyclic) bond motifs is 3. The Morgan fingerprint density at radius 1 is 0.947 bits per heavy atom. The van der Waals surface area contributed by atoms with Crippen molar-refractivity contribution in [2.45, 2.75) is 0 Å². The molecule has 2 heterocycles. The number of benzene rings is 2. The highest BCUT2D eigenvalue weighted by Crippen LogP contribution is 2.32. The fraction of sp³-hybridized carbons (Fsp3) is 0. The van der Waals surface area contributed by atoms with Crippen LogP contribution < -0.4 is 0 Å². The van der Waals surface area contributed by atoms with Crippen molar-refractivity contribution in [1.29, 1.82) is 0 Å². The fourth-order valence-electron chi connectivity index (χ4n) is 2.30. The van der Waals surface area contributed by atoms with Crippen LogP contribution in [0.25, 0.3) is 27.6 Å². The maximum absolute atomic E-state index is 5.84. The van der Waals surface area contributed by atoms with Crippen LogP contribution in [0.1, 0.15) is 5.56 Å². The summed E-state index contributed by atoms with van der Waals surface area (Å²) >= 11 is -0.166. The first-order chi connectivity index (χ1) is 9.42. The van der Waals surface area contributed by atoms with E-state index in [9.17, 15) is 0 Å². The van der Waals surface area contributed by atoms with Crippen LogP contribution in [0.15, 0.2) is 66.3 Å². The van der Waals surface area contributed by atoms with Crippen molar-refractivity contribution in [2.24, 2.45) is 3.15 Å². The average molecular weight is 359 g/mol. The topological polar surface area (TPSA) is 25.5 Å². The first kappa shape index (κ1) is 11.1. The molecule has 0 saturated heterocycles. The number of allylic oxidation sites excluding steroid dienone is 2. The van der Waals surface area contributed by atoms with Crippen LogP contribution in [-0.2, 0) is 0 Å². The zero-order valence-corrected chi connectivity index (χ0v) is 12.2. The molecule has 2 aromatic carbocycles. The van der Waals surface area contributed by atoms with Gasteiger partial charge < -0.3 is 4.42 Å². The number of rotatable bonds is 1. The minimum atomic E-state index is -0.166. The predicted octanol–water partition coefficient (Wildman–Crippen LogP) is 5.61. The minimum Gasteiger partial charge on any atom is -0.456 e. The van der Waals surface area contributed by atoms with E-state index < -0.39 is 0 Å². The van der Waals surface area contributed by atoms with E-state index in [1.165, 1.54) is 10.9 Å². The second kappa shape index (κ2) is 4.42. The van der Waals surface area contributed by atoms with Gasteiger partial charge in [0.1, 0.15) is 11.2 Å².